The highest BCUT2D eigenvalue weighted by molar-refractivity contribution is 6.03. The van der Waals surface area contributed by atoms with Crippen molar-refractivity contribution in [1.82, 2.24) is 19.5 Å². The van der Waals surface area contributed by atoms with E-state index in [0.29, 0.717) is 6.92 Å². The number of anilines is 2. The summed E-state index contributed by atoms with van der Waals surface area (Å²) in [6.45, 7) is 0.474. The van der Waals surface area contributed by atoms with E-state index in [2.05, 4.69) is 20.3 Å². The quantitative estimate of drug-likeness (QED) is 0.602. The first-order valence-electron chi connectivity index (χ1n) is 7.73. The van der Waals surface area contributed by atoms with Crippen molar-refractivity contribution in [2.75, 3.05) is 18.2 Å². The summed E-state index contributed by atoms with van der Waals surface area (Å²) in [5.74, 6) is -2.30. The van der Waals surface area contributed by atoms with Crippen LogP contribution in [0, 0.1) is 0 Å². The molecular formula is C16H14F2N6O4. The van der Waals surface area contributed by atoms with Gasteiger partial charge in [0.25, 0.3) is 11.5 Å². The molecule has 0 aliphatic heterocycles. The molecule has 0 saturated heterocycles. The zero-order valence-corrected chi connectivity index (χ0v) is 14.6. The number of benzene rings is 1. The van der Waals surface area contributed by atoms with Crippen LogP contribution in [0.2, 0.25) is 0 Å². The van der Waals surface area contributed by atoms with Gasteiger partial charge in [0.2, 0.25) is 11.9 Å². The molecular weight excluding hydrogens is 378 g/mol. The molecule has 0 atom stereocenters. The summed E-state index contributed by atoms with van der Waals surface area (Å²) in [5, 5.41) is 11.8. The number of nitrogens with two attached hydrogens (primary N) is 1. The van der Waals surface area contributed by atoms with Crippen molar-refractivity contribution < 1.29 is 23.4 Å². The van der Waals surface area contributed by atoms with E-state index in [-0.39, 0.29) is 38.5 Å². The van der Waals surface area contributed by atoms with Crippen LogP contribution >= 0.6 is 0 Å². The fourth-order valence-corrected chi connectivity index (χ4v) is 2.49. The monoisotopic (exact) mass is 392 g/mol. The van der Waals surface area contributed by atoms with Gasteiger partial charge in [0.15, 0.2) is 11.5 Å². The topological polar surface area (TPSA) is 145 Å². The summed E-state index contributed by atoms with van der Waals surface area (Å²) in [6, 6.07) is -1.44. The van der Waals surface area contributed by atoms with Crippen LogP contribution in [0.3, 0.4) is 0 Å². The van der Waals surface area contributed by atoms with Crippen molar-refractivity contribution in [2.45, 2.75) is 13.0 Å². The number of nitrogens with zero attached hydrogens (tertiary/aromatic N) is 4. The number of amides is 1. The second kappa shape index (κ2) is 6.72. The first-order chi connectivity index (χ1) is 13.1. The van der Waals surface area contributed by atoms with Crippen LogP contribution in [0.1, 0.15) is 17.3 Å². The third-order valence-electron chi connectivity index (χ3n) is 3.73. The third-order valence-corrected chi connectivity index (χ3v) is 3.73. The SMILES string of the molecule is COc1c(O)ccc2c(=O)n(C(C)(F)F)c(NC(=O)c3cnc(N)nc3)nc12. The number of nitrogens with one attached hydrogen (secondary N) is 1. The molecule has 28 heavy (non-hydrogen) atoms. The largest absolute Gasteiger partial charge is 0.504 e. The maximum Gasteiger partial charge on any atom is 0.331 e. The summed E-state index contributed by atoms with van der Waals surface area (Å²) in [7, 11) is 1.21. The highest BCUT2D eigenvalue weighted by Gasteiger charge is 2.32. The Labute approximate surface area is 155 Å². The molecule has 146 valence electrons. The summed E-state index contributed by atoms with van der Waals surface area (Å²) >= 11 is 0. The molecule has 0 spiro atoms. The molecule has 2 heterocycles. The molecule has 0 unspecified atom stereocenters. The number of rotatable bonds is 4. The van der Waals surface area contributed by atoms with E-state index in [1.807, 2.05) is 0 Å². The molecule has 1 aromatic carbocycles. The van der Waals surface area contributed by atoms with E-state index in [0.717, 1.165) is 24.5 Å². The first-order valence-corrected chi connectivity index (χ1v) is 7.73. The number of alkyl halides is 2. The summed E-state index contributed by atoms with van der Waals surface area (Å²) in [4.78, 5) is 36.2. The number of hydrogen-bond donors (Lipinski definition) is 3. The number of hydrogen-bond acceptors (Lipinski definition) is 8. The average Bonchev–Trinajstić information content (AvgIpc) is 2.61. The Morgan fingerprint density at radius 2 is 1.96 bits per heavy atom. The number of ether oxygens (including phenoxy) is 1. The van der Waals surface area contributed by atoms with Gasteiger partial charge in [0.05, 0.1) is 18.1 Å². The number of carbonyl (C=O) groups excluding carboxylic acids is 1. The van der Waals surface area contributed by atoms with Gasteiger partial charge in [-0.25, -0.2) is 19.5 Å². The zero-order valence-electron chi connectivity index (χ0n) is 14.6. The number of phenolic OH excluding ortho intramolecular Hbond substituents is 1. The van der Waals surface area contributed by atoms with Gasteiger partial charge in [-0.3, -0.25) is 14.9 Å². The minimum atomic E-state index is -3.69. The Morgan fingerprint density at radius 1 is 1.32 bits per heavy atom. The van der Waals surface area contributed by atoms with Gasteiger partial charge in [0.1, 0.15) is 5.52 Å². The average molecular weight is 392 g/mol. The lowest BCUT2D eigenvalue weighted by Crippen LogP contribution is -2.36. The van der Waals surface area contributed by atoms with Gasteiger partial charge >= 0.3 is 6.05 Å². The maximum absolute atomic E-state index is 14.1. The van der Waals surface area contributed by atoms with Gasteiger partial charge < -0.3 is 15.6 Å². The minimum absolute atomic E-state index is 0.0296. The molecule has 0 aliphatic rings. The summed E-state index contributed by atoms with van der Waals surface area (Å²) < 4.78 is 33.3. The van der Waals surface area contributed by atoms with E-state index in [4.69, 9.17) is 10.5 Å². The Kier molecular flexibility index (Phi) is 4.55. The van der Waals surface area contributed by atoms with Crippen LogP contribution < -0.4 is 21.3 Å². The van der Waals surface area contributed by atoms with Crippen LogP contribution in [0.15, 0.2) is 29.3 Å². The van der Waals surface area contributed by atoms with Gasteiger partial charge in [0, 0.05) is 19.3 Å². The Bertz CT molecular complexity index is 1130. The van der Waals surface area contributed by atoms with Gasteiger partial charge in [-0.2, -0.15) is 8.78 Å². The van der Waals surface area contributed by atoms with Crippen molar-refractivity contribution in [3.63, 3.8) is 0 Å². The number of nitrogen functional groups attached to an aromatic ring is 1. The number of aromatic hydroxyl groups is 1. The van der Waals surface area contributed by atoms with Crippen LogP contribution in [-0.4, -0.2) is 37.6 Å². The lowest BCUT2D eigenvalue weighted by molar-refractivity contribution is -0.0622. The Hall–Kier alpha value is -3.83. The van der Waals surface area contributed by atoms with E-state index < -0.39 is 23.5 Å². The minimum Gasteiger partial charge on any atom is -0.504 e. The maximum atomic E-state index is 14.1. The number of carbonyl (C=O) groups is 1. The van der Waals surface area contributed by atoms with Gasteiger partial charge in [-0.05, 0) is 12.1 Å². The molecule has 0 fully saturated rings. The molecule has 2 aromatic heterocycles. The second-order valence-electron chi connectivity index (χ2n) is 5.72. The van der Waals surface area contributed by atoms with Gasteiger partial charge in [-0.1, -0.05) is 0 Å². The number of halogens is 2. The summed E-state index contributed by atoms with van der Waals surface area (Å²) in [5.41, 5.74) is 3.90. The van der Waals surface area contributed by atoms with E-state index in [9.17, 15) is 23.5 Å². The standard InChI is InChI=1S/C16H14F2N6O4/c1-16(17,18)24-13(27)8-3-4-9(25)11(28-2)10(8)22-15(24)23-12(26)7-5-20-14(19)21-6-7/h3-6,25H,1-2H3,(H2,19,20,21)(H,22,23,26). The lowest BCUT2D eigenvalue weighted by atomic mass is 10.2. The van der Waals surface area contributed by atoms with Crippen LogP contribution in [0.5, 0.6) is 11.5 Å². The number of fused-ring (bicyclic) bond motifs is 1. The Morgan fingerprint density at radius 3 is 2.54 bits per heavy atom. The van der Waals surface area contributed by atoms with Crippen LogP contribution in [0.4, 0.5) is 20.7 Å². The molecule has 3 aromatic rings. The lowest BCUT2D eigenvalue weighted by Gasteiger charge is -2.19. The fourth-order valence-electron chi connectivity index (χ4n) is 2.49. The van der Waals surface area contributed by atoms with E-state index in [1.54, 1.807) is 0 Å². The molecule has 10 nitrogen and oxygen atoms in total. The zero-order chi connectivity index (χ0) is 20.6. The van der Waals surface area contributed by atoms with Crippen LogP contribution in [-0.2, 0) is 6.05 Å². The van der Waals surface area contributed by atoms with E-state index in [1.165, 1.54) is 7.11 Å². The second-order valence-corrected chi connectivity index (χ2v) is 5.72. The van der Waals surface area contributed by atoms with Gasteiger partial charge in [-0.15, -0.1) is 0 Å². The highest BCUT2D eigenvalue weighted by atomic mass is 19.3. The first kappa shape index (κ1) is 18.9. The predicted octanol–water partition coefficient (Wildman–Crippen LogP) is 1.30. The third kappa shape index (κ3) is 3.26. The molecule has 0 radical (unpaired) electrons. The molecule has 3 rings (SSSR count). The predicted molar refractivity (Wildman–Crippen MR) is 94.5 cm³/mol. The smallest absolute Gasteiger partial charge is 0.331 e. The highest BCUT2D eigenvalue weighted by Crippen LogP contribution is 2.34. The van der Waals surface area contributed by atoms with Crippen molar-refractivity contribution in [2.24, 2.45) is 0 Å². The molecule has 0 saturated carbocycles. The van der Waals surface area contributed by atoms with Crippen LogP contribution in [0.25, 0.3) is 10.9 Å². The fraction of sp³-hybridized carbons (Fsp3) is 0.188. The molecule has 0 bridgehead atoms. The van der Waals surface area contributed by atoms with E-state index >= 15 is 0 Å². The number of phenols is 1. The van der Waals surface area contributed by atoms with Crippen molar-refractivity contribution in [1.29, 1.82) is 0 Å². The summed E-state index contributed by atoms with van der Waals surface area (Å²) in [6.07, 6.45) is 2.16. The molecule has 0 aliphatic carbocycles. The molecule has 12 heteroatoms. The molecule has 4 N–H and O–H groups in total. The number of methoxy groups -OCH3 is 1. The normalized spacial score (nSPS) is 11.4. The van der Waals surface area contributed by atoms with Crippen molar-refractivity contribution >= 4 is 28.7 Å². The number of aromatic nitrogens is 4. The van der Waals surface area contributed by atoms with Crippen molar-refractivity contribution in [3.8, 4) is 11.5 Å². The van der Waals surface area contributed by atoms with Crippen molar-refractivity contribution in [3.05, 3.63) is 40.4 Å². The Balaban J connectivity index is 2.23. The molecule has 1 amide bonds.